The number of methoxy groups -OCH3 is 1. The summed E-state index contributed by atoms with van der Waals surface area (Å²) in [7, 11) is -2.06. The number of hydrogen-bond acceptors (Lipinski definition) is 5. The van der Waals surface area contributed by atoms with Gasteiger partial charge in [0.05, 0.1) is 25.6 Å². The maximum atomic E-state index is 12.6. The molecule has 2 rings (SSSR count). The molecule has 1 aliphatic rings. The van der Waals surface area contributed by atoms with E-state index in [9.17, 15) is 4.57 Å². The van der Waals surface area contributed by atoms with Crippen molar-refractivity contribution in [3.05, 3.63) is 47.7 Å². The Morgan fingerprint density at radius 3 is 2.48 bits per heavy atom. The van der Waals surface area contributed by atoms with Crippen LogP contribution in [0.5, 0.6) is 0 Å². The second kappa shape index (κ2) is 7.76. The molecule has 0 spiro atoms. The molecule has 1 aromatic rings. The van der Waals surface area contributed by atoms with Gasteiger partial charge in [-0.15, -0.1) is 0 Å². The Bertz CT molecular complexity index is 504. The number of fused-ring (bicyclic) bond motifs is 1. The molecule has 1 aromatic carbocycles. The molecule has 0 saturated heterocycles. The number of rotatable bonds is 8. The van der Waals surface area contributed by atoms with Crippen molar-refractivity contribution in [1.82, 2.24) is 0 Å². The average molecular weight is 312 g/mol. The van der Waals surface area contributed by atoms with Gasteiger partial charge >= 0.3 is 7.82 Å². The second-order valence-corrected chi connectivity index (χ2v) is 6.33. The summed E-state index contributed by atoms with van der Waals surface area (Å²) in [6, 6.07) is 8.10. The van der Waals surface area contributed by atoms with Crippen LogP contribution in [0.2, 0.25) is 0 Å². The maximum Gasteiger partial charge on any atom is 0.529 e. The summed E-state index contributed by atoms with van der Waals surface area (Å²) in [5.41, 5.74) is 2.44. The molecule has 0 radical (unpaired) electrons. The van der Waals surface area contributed by atoms with E-state index in [4.69, 9.17) is 18.3 Å². The van der Waals surface area contributed by atoms with Gasteiger partial charge in [-0.1, -0.05) is 30.3 Å². The van der Waals surface area contributed by atoms with E-state index in [1.807, 2.05) is 12.1 Å². The number of hydrogen-bond donors (Lipinski definition) is 0. The van der Waals surface area contributed by atoms with Crippen molar-refractivity contribution in [2.24, 2.45) is 0 Å². The molecule has 21 heavy (non-hydrogen) atoms. The number of phosphoric ester groups is 1. The normalized spacial score (nSPS) is 17.8. The summed E-state index contributed by atoms with van der Waals surface area (Å²) in [4.78, 5) is 0. The lowest BCUT2D eigenvalue weighted by molar-refractivity contribution is 0.0787. The molecule has 116 valence electrons. The third-order valence-corrected chi connectivity index (χ3v) is 4.59. The predicted octanol–water partition coefficient (Wildman–Crippen LogP) is 3.49. The van der Waals surface area contributed by atoms with Crippen LogP contribution in [0.15, 0.2) is 36.6 Å². The molecule has 0 aliphatic heterocycles. The minimum Gasteiger partial charge on any atom is -0.412 e. The largest absolute Gasteiger partial charge is 0.529 e. The van der Waals surface area contributed by atoms with Crippen LogP contribution in [-0.2, 0) is 35.7 Å². The Labute approximate surface area is 125 Å². The topological polar surface area (TPSA) is 54.0 Å². The molecule has 1 aliphatic carbocycles. The molecule has 1 unspecified atom stereocenters. The molecule has 0 N–H and O–H groups in total. The summed E-state index contributed by atoms with van der Waals surface area (Å²) >= 11 is 0. The standard InChI is InChI=1S/C15H21O5P/c1-3-8-18-21(16,19-10-9-17-2)20-15-11-13-6-4-5-7-14(13)12-15/h3-8,15H,9-12H2,1-2H3. The lowest BCUT2D eigenvalue weighted by Gasteiger charge is -2.20. The smallest absolute Gasteiger partial charge is 0.412 e. The number of ether oxygens (including phenoxy) is 1. The van der Waals surface area contributed by atoms with Gasteiger partial charge in [-0.25, -0.2) is 4.57 Å². The van der Waals surface area contributed by atoms with Crippen LogP contribution in [0.3, 0.4) is 0 Å². The molecule has 0 saturated carbocycles. The summed E-state index contributed by atoms with van der Waals surface area (Å²) < 4.78 is 33.5. The Morgan fingerprint density at radius 2 is 1.90 bits per heavy atom. The fourth-order valence-electron chi connectivity index (χ4n) is 2.23. The monoisotopic (exact) mass is 312 g/mol. The van der Waals surface area contributed by atoms with Crippen LogP contribution < -0.4 is 0 Å². The highest BCUT2D eigenvalue weighted by molar-refractivity contribution is 7.48. The first-order valence-corrected chi connectivity index (χ1v) is 8.41. The fourth-order valence-corrected chi connectivity index (χ4v) is 3.48. The van der Waals surface area contributed by atoms with Crippen molar-refractivity contribution in [2.45, 2.75) is 25.9 Å². The van der Waals surface area contributed by atoms with Gasteiger partial charge in [-0.2, -0.15) is 0 Å². The van der Waals surface area contributed by atoms with E-state index in [0.29, 0.717) is 19.4 Å². The molecule has 0 bridgehead atoms. The third-order valence-electron chi connectivity index (χ3n) is 3.15. The maximum absolute atomic E-state index is 12.6. The van der Waals surface area contributed by atoms with Crippen molar-refractivity contribution in [3.63, 3.8) is 0 Å². The van der Waals surface area contributed by atoms with Gasteiger partial charge in [0.2, 0.25) is 0 Å². The van der Waals surface area contributed by atoms with E-state index in [1.54, 1.807) is 20.1 Å². The van der Waals surface area contributed by atoms with Gasteiger partial charge in [0.25, 0.3) is 0 Å². The van der Waals surface area contributed by atoms with E-state index >= 15 is 0 Å². The van der Waals surface area contributed by atoms with Crippen LogP contribution in [0.25, 0.3) is 0 Å². The van der Waals surface area contributed by atoms with Gasteiger partial charge in [0.15, 0.2) is 0 Å². The minimum atomic E-state index is -3.61. The van der Waals surface area contributed by atoms with Crippen LogP contribution in [0.1, 0.15) is 18.1 Å². The fraction of sp³-hybridized carbons (Fsp3) is 0.467. The Hall–Kier alpha value is -1.13. The Morgan fingerprint density at radius 1 is 1.24 bits per heavy atom. The summed E-state index contributed by atoms with van der Waals surface area (Å²) in [6.45, 7) is 2.26. The van der Waals surface area contributed by atoms with Crippen molar-refractivity contribution in [3.8, 4) is 0 Å². The highest BCUT2D eigenvalue weighted by Gasteiger charge is 2.34. The number of benzene rings is 1. The molecule has 0 amide bonds. The quantitative estimate of drug-likeness (QED) is 0.418. The van der Waals surface area contributed by atoms with E-state index in [1.165, 1.54) is 17.4 Å². The van der Waals surface area contributed by atoms with E-state index in [2.05, 4.69) is 12.1 Å². The molecule has 5 nitrogen and oxygen atoms in total. The van der Waals surface area contributed by atoms with E-state index < -0.39 is 7.82 Å². The van der Waals surface area contributed by atoms with Gasteiger partial charge in [0.1, 0.15) is 0 Å². The molecule has 0 fully saturated rings. The van der Waals surface area contributed by atoms with Gasteiger partial charge in [0, 0.05) is 7.11 Å². The lowest BCUT2D eigenvalue weighted by Crippen LogP contribution is -2.14. The zero-order valence-electron chi connectivity index (χ0n) is 12.4. The molecule has 0 aromatic heterocycles. The van der Waals surface area contributed by atoms with Crippen molar-refractivity contribution >= 4 is 7.82 Å². The lowest BCUT2D eigenvalue weighted by atomic mass is 10.1. The first kappa shape index (κ1) is 16.2. The molecular weight excluding hydrogens is 291 g/mol. The van der Waals surface area contributed by atoms with Crippen LogP contribution in [0, 0.1) is 0 Å². The second-order valence-electron chi connectivity index (χ2n) is 4.75. The SMILES string of the molecule is CC=COP(=O)(OCCOC)OC1Cc2ccccc2C1. The highest BCUT2D eigenvalue weighted by Crippen LogP contribution is 2.52. The zero-order chi connectivity index (χ0) is 15.1. The first-order chi connectivity index (χ1) is 10.2. The average Bonchev–Trinajstić information content (AvgIpc) is 2.87. The Balaban J connectivity index is 1.97. The summed E-state index contributed by atoms with van der Waals surface area (Å²) in [6.07, 6.45) is 4.20. The molecule has 0 heterocycles. The zero-order valence-corrected chi connectivity index (χ0v) is 13.3. The molecule has 6 heteroatoms. The van der Waals surface area contributed by atoms with Crippen molar-refractivity contribution in [1.29, 1.82) is 0 Å². The van der Waals surface area contributed by atoms with E-state index in [-0.39, 0.29) is 12.7 Å². The number of allylic oxidation sites excluding steroid dienone is 1. The number of phosphoric acid groups is 1. The van der Waals surface area contributed by atoms with Crippen molar-refractivity contribution in [2.75, 3.05) is 20.3 Å². The van der Waals surface area contributed by atoms with Crippen molar-refractivity contribution < 1.29 is 22.9 Å². The molecular formula is C15H21O5P. The van der Waals surface area contributed by atoms with E-state index in [0.717, 1.165) is 0 Å². The molecule has 1 atom stereocenters. The van der Waals surface area contributed by atoms with Crippen LogP contribution >= 0.6 is 7.82 Å². The van der Waals surface area contributed by atoms with Crippen LogP contribution in [-0.4, -0.2) is 26.4 Å². The summed E-state index contributed by atoms with van der Waals surface area (Å²) in [5, 5.41) is 0. The van der Waals surface area contributed by atoms with Gasteiger partial charge < -0.3 is 9.26 Å². The van der Waals surface area contributed by atoms with Gasteiger partial charge in [-0.3, -0.25) is 9.05 Å². The Kier molecular flexibility index (Phi) is 6.00. The minimum absolute atomic E-state index is 0.158. The van der Waals surface area contributed by atoms with Crippen LogP contribution in [0.4, 0.5) is 0 Å². The predicted molar refractivity (Wildman–Crippen MR) is 80.1 cm³/mol. The third kappa shape index (κ3) is 4.68. The first-order valence-electron chi connectivity index (χ1n) is 6.95. The van der Waals surface area contributed by atoms with Gasteiger partial charge in [-0.05, 0) is 30.9 Å². The highest BCUT2D eigenvalue weighted by atomic mass is 31.2. The summed E-state index contributed by atoms with van der Waals surface area (Å²) in [5.74, 6) is 0.